The van der Waals surface area contributed by atoms with Gasteiger partial charge in [-0.3, -0.25) is 4.79 Å². The Morgan fingerprint density at radius 1 is 1.64 bits per heavy atom. The number of thiophene rings is 1. The molecule has 0 amide bonds. The maximum atomic E-state index is 11.3. The average Bonchev–Trinajstić information content (AvgIpc) is 2.52. The first-order chi connectivity index (χ1) is 6.65. The molecule has 1 aromatic rings. The summed E-state index contributed by atoms with van der Waals surface area (Å²) in [4.78, 5) is 12.3. The third-order valence-electron chi connectivity index (χ3n) is 1.71. The molecule has 78 valence electrons. The molecular weight excluding hydrogens is 264 g/mol. The summed E-state index contributed by atoms with van der Waals surface area (Å²) in [5, 5.41) is 0. The van der Waals surface area contributed by atoms with Gasteiger partial charge in [0.2, 0.25) is 0 Å². The normalized spacial score (nSPS) is 12.8. The second-order valence-corrected chi connectivity index (χ2v) is 5.50. The minimum atomic E-state index is -0.383. The zero-order valence-corrected chi connectivity index (χ0v) is 10.7. The van der Waals surface area contributed by atoms with Gasteiger partial charge >= 0.3 is 0 Å². The van der Waals surface area contributed by atoms with Crippen molar-refractivity contribution >= 4 is 33.0 Å². The van der Waals surface area contributed by atoms with Crippen LogP contribution in [0.3, 0.4) is 0 Å². The van der Waals surface area contributed by atoms with E-state index < -0.39 is 0 Å². The van der Waals surface area contributed by atoms with Crippen molar-refractivity contribution in [1.29, 1.82) is 0 Å². The molecule has 0 spiro atoms. The summed E-state index contributed by atoms with van der Waals surface area (Å²) in [6.45, 7) is 4.22. The molecule has 0 saturated carbocycles. The topological polar surface area (TPSA) is 26.3 Å². The van der Waals surface area contributed by atoms with Gasteiger partial charge in [-0.2, -0.15) is 0 Å². The zero-order chi connectivity index (χ0) is 10.6. The van der Waals surface area contributed by atoms with Crippen LogP contribution in [0.5, 0.6) is 0 Å². The Kier molecular flexibility index (Phi) is 4.78. The van der Waals surface area contributed by atoms with Crippen molar-refractivity contribution in [2.24, 2.45) is 0 Å². The van der Waals surface area contributed by atoms with Crippen molar-refractivity contribution in [3.05, 3.63) is 20.8 Å². The SMILES string of the molecule is CCCOC(C(C)=O)c1ccc(Br)s1. The fourth-order valence-electron chi connectivity index (χ4n) is 1.10. The van der Waals surface area contributed by atoms with E-state index in [-0.39, 0.29) is 11.9 Å². The lowest BCUT2D eigenvalue weighted by Crippen LogP contribution is -2.12. The summed E-state index contributed by atoms with van der Waals surface area (Å²) in [6, 6.07) is 3.86. The average molecular weight is 277 g/mol. The Bertz CT molecular complexity index is 309. The quantitative estimate of drug-likeness (QED) is 0.822. The largest absolute Gasteiger partial charge is 0.365 e. The smallest absolute Gasteiger partial charge is 0.163 e. The van der Waals surface area contributed by atoms with Gasteiger partial charge in [0.15, 0.2) is 5.78 Å². The van der Waals surface area contributed by atoms with Gasteiger partial charge in [-0.1, -0.05) is 6.92 Å². The van der Waals surface area contributed by atoms with Crippen LogP contribution < -0.4 is 0 Å². The van der Waals surface area contributed by atoms with Gasteiger partial charge in [-0.05, 0) is 41.4 Å². The van der Waals surface area contributed by atoms with Crippen molar-refractivity contribution in [2.75, 3.05) is 6.61 Å². The molecule has 1 aromatic heterocycles. The summed E-state index contributed by atoms with van der Waals surface area (Å²) in [7, 11) is 0. The van der Waals surface area contributed by atoms with Crippen LogP contribution >= 0.6 is 27.3 Å². The standard InChI is InChI=1S/C10H13BrO2S/c1-3-6-13-10(7(2)12)8-4-5-9(11)14-8/h4-5,10H,3,6H2,1-2H3. The number of ether oxygens (including phenoxy) is 1. The first kappa shape index (κ1) is 11.9. The molecule has 1 heterocycles. The highest BCUT2D eigenvalue weighted by Crippen LogP contribution is 2.29. The summed E-state index contributed by atoms with van der Waals surface area (Å²) >= 11 is 4.91. The summed E-state index contributed by atoms with van der Waals surface area (Å²) < 4.78 is 6.52. The predicted molar refractivity (Wildman–Crippen MR) is 61.7 cm³/mol. The number of ketones is 1. The molecule has 1 unspecified atom stereocenters. The Morgan fingerprint density at radius 3 is 2.79 bits per heavy atom. The lowest BCUT2D eigenvalue weighted by molar-refractivity contribution is -0.128. The van der Waals surface area contributed by atoms with E-state index in [1.54, 1.807) is 18.3 Å². The van der Waals surface area contributed by atoms with Crippen LogP contribution in [0.2, 0.25) is 0 Å². The zero-order valence-electron chi connectivity index (χ0n) is 8.25. The predicted octanol–water partition coefficient (Wildman–Crippen LogP) is 3.57. The summed E-state index contributed by atoms with van der Waals surface area (Å²) in [5.74, 6) is 0.0628. The molecule has 0 aliphatic heterocycles. The summed E-state index contributed by atoms with van der Waals surface area (Å²) in [5.41, 5.74) is 0. The molecule has 1 rings (SSSR count). The van der Waals surface area contributed by atoms with Gasteiger partial charge < -0.3 is 4.74 Å². The van der Waals surface area contributed by atoms with Gasteiger partial charge in [0, 0.05) is 11.5 Å². The van der Waals surface area contributed by atoms with Gasteiger partial charge in [-0.15, -0.1) is 11.3 Å². The van der Waals surface area contributed by atoms with Crippen LogP contribution in [-0.4, -0.2) is 12.4 Å². The monoisotopic (exact) mass is 276 g/mol. The Morgan fingerprint density at radius 2 is 2.36 bits per heavy atom. The number of halogens is 1. The van der Waals surface area contributed by atoms with Crippen molar-refractivity contribution < 1.29 is 9.53 Å². The number of carbonyl (C=O) groups is 1. The molecule has 0 bridgehead atoms. The Hall–Kier alpha value is -0.190. The third kappa shape index (κ3) is 3.19. The molecule has 0 saturated heterocycles. The fourth-order valence-corrected chi connectivity index (χ4v) is 2.64. The van der Waals surface area contributed by atoms with Crippen molar-refractivity contribution in [3.8, 4) is 0 Å². The second-order valence-electron chi connectivity index (χ2n) is 3.00. The highest BCUT2D eigenvalue weighted by atomic mass is 79.9. The maximum Gasteiger partial charge on any atom is 0.163 e. The van der Waals surface area contributed by atoms with Crippen LogP contribution in [0, 0.1) is 0 Å². The third-order valence-corrected chi connectivity index (χ3v) is 3.38. The summed E-state index contributed by atoms with van der Waals surface area (Å²) in [6.07, 6.45) is 0.544. The maximum absolute atomic E-state index is 11.3. The second kappa shape index (κ2) is 5.63. The van der Waals surface area contributed by atoms with E-state index in [1.165, 1.54) is 0 Å². The molecule has 2 nitrogen and oxygen atoms in total. The molecule has 1 atom stereocenters. The lowest BCUT2D eigenvalue weighted by atomic mass is 10.2. The molecule has 14 heavy (non-hydrogen) atoms. The minimum absolute atomic E-state index is 0.0628. The molecule has 0 aliphatic carbocycles. The highest BCUT2D eigenvalue weighted by Gasteiger charge is 2.18. The van der Waals surface area contributed by atoms with Gasteiger partial charge in [0.05, 0.1) is 3.79 Å². The highest BCUT2D eigenvalue weighted by molar-refractivity contribution is 9.11. The van der Waals surface area contributed by atoms with E-state index in [1.807, 2.05) is 19.1 Å². The van der Waals surface area contributed by atoms with E-state index in [0.29, 0.717) is 6.61 Å². The number of Topliss-reactive ketones (excluding diaryl/α,β-unsaturated/α-hetero) is 1. The van der Waals surface area contributed by atoms with Crippen molar-refractivity contribution in [3.63, 3.8) is 0 Å². The van der Waals surface area contributed by atoms with Crippen LogP contribution in [0.4, 0.5) is 0 Å². The number of rotatable bonds is 5. The first-order valence-electron chi connectivity index (χ1n) is 4.52. The lowest BCUT2D eigenvalue weighted by Gasteiger charge is -2.12. The van der Waals surface area contributed by atoms with Gasteiger partial charge in [0.1, 0.15) is 6.10 Å². The van der Waals surface area contributed by atoms with Crippen molar-refractivity contribution in [2.45, 2.75) is 26.4 Å². The molecule has 0 radical (unpaired) electrons. The number of hydrogen-bond acceptors (Lipinski definition) is 3. The fraction of sp³-hybridized carbons (Fsp3) is 0.500. The van der Waals surface area contributed by atoms with E-state index >= 15 is 0 Å². The van der Waals surface area contributed by atoms with Gasteiger partial charge in [0.25, 0.3) is 0 Å². The molecule has 0 aliphatic rings. The molecule has 0 aromatic carbocycles. The van der Waals surface area contributed by atoms with E-state index in [4.69, 9.17) is 4.74 Å². The van der Waals surface area contributed by atoms with E-state index in [9.17, 15) is 4.79 Å². The van der Waals surface area contributed by atoms with Crippen molar-refractivity contribution in [1.82, 2.24) is 0 Å². The van der Waals surface area contributed by atoms with Crippen LogP contribution in [0.15, 0.2) is 15.9 Å². The molecular formula is C10H13BrO2S. The Balaban J connectivity index is 2.72. The van der Waals surface area contributed by atoms with Gasteiger partial charge in [-0.25, -0.2) is 0 Å². The molecule has 0 fully saturated rings. The number of carbonyl (C=O) groups excluding carboxylic acids is 1. The number of hydrogen-bond donors (Lipinski definition) is 0. The molecule has 4 heteroatoms. The van der Waals surface area contributed by atoms with E-state index in [0.717, 1.165) is 15.1 Å². The Labute approximate surface area is 96.4 Å². The first-order valence-corrected chi connectivity index (χ1v) is 6.13. The minimum Gasteiger partial charge on any atom is -0.365 e. The van der Waals surface area contributed by atoms with E-state index in [2.05, 4.69) is 15.9 Å². The molecule has 0 N–H and O–H groups in total. The van der Waals surface area contributed by atoms with Crippen LogP contribution in [0.25, 0.3) is 0 Å². The van der Waals surface area contributed by atoms with Crippen LogP contribution in [-0.2, 0) is 9.53 Å². The van der Waals surface area contributed by atoms with Crippen LogP contribution in [0.1, 0.15) is 31.2 Å².